The zero-order valence-electron chi connectivity index (χ0n) is 11.9. The Kier molecular flexibility index (Phi) is 7.20. The van der Waals surface area contributed by atoms with Crippen molar-refractivity contribution in [2.24, 2.45) is 0 Å². The highest BCUT2D eigenvalue weighted by Gasteiger charge is 2.08. The van der Waals surface area contributed by atoms with Gasteiger partial charge in [-0.15, -0.1) is 0 Å². The first kappa shape index (κ1) is 17.5. The second-order valence-corrected chi connectivity index (χ2v) is 6.83. The zero-order chi connectivity index (χ0) is 15.7. The van der Waals surface area contributed by atoms with Gasteiger partial charge in [0.1, 0.15) is 9.84 Å². The van der Waals surface area contributed by atoms with Crippen LogP contribution in [0, 0.1) is 17.7 Å². The fourth-order valence-electron chi connectivity index (χ4n) is 1.52. The molecule has 0 aliphatic carbocycles. The molecular weight excluding hydrogens is 295 g/mol. The molecule has 0 saturated heterocycles. The van der Waals surface area contributed by atoms with Crippen LogP contribution in [0.5, 0.6) is 5.75 Å². The van der Waals surface area contributed by atoms with E-state index in [4.69, 9.17) is 9.84 Å². The van der Waals surface area contributed by atoms with E-state index >= 15 is 0 Å². The fourth-order valence-corrected chi connectivity index (χ4v) is 2.36. The number of ether oxygens (including phenoxy) is 1. The van der Waals surface area contributed by atoms with Gasteiger partial charge in [-0.3, -0.25) is 0 Å². The molecule has 1 aromatic carbocycles. The molecule has 0 aliphatic heterocycles. The predicted octanol–water partition coefficient (Wildman–Crippen LogP) is 1.76. The van der Waals surface area contributed by atoms with E-state index in [0.29, 0.717) is 18.4 Å². The Bertz CT molecular complexity index is 614. The molecule has 0 radical (unpaired) electrons. The van der Waals surface area contributed by atoms with Crippen molar-refractivity contribution < 1.29 is 22.7 Å². The van der Waals surface area contributed by atoms with E-state index in [9.17, 15) is 12.8 Å². The minimum atomic E-state index is -3.03. The molecule has 4 nitrogen and oxygen atoms in total. The third-order valence-corrected chi connectivity index (χ3v) is 4.49. The maximum atomic E-state index is 13.6. The molecule has 0 saturated carbocycles. The van der Waals surface area contributed by atoms with Gasteiger partial charge in [-0.1, -0.05) is 18.8 Å². The summed E-state index contributed by atoms with van der Waals surface area (Å²) in [6, 6.07) is 4.24. The smallest absolute Gasteiger partial charge is 0.165 e. The van der Waals surface area contributed by atoms with Gasteiger partial charge in [0.25, 0.3) is 0 Å². The van der Waals surface area contributed by atoms with Gasteiger partial charge >= 0.3 is 0 Å². The molecule has 116 valence electrons. The van der Waals surface area contributed by atoms with Crippen LogP contribution in [0.4, 0.5) is 4.39 Å². The molecule has 1 rings (SSSR count). The molecule has 0 aliphatic rings. The van der Waals surface area contributed by atoms with Crippen molar-refractivity contribution in [2.75, 3.05) is 24.7 Å². The molecule has 0 amide bonds. The first-order valence-electron chi connectivity index (χ1n) is 6.71. The van der Waals surface area contributed by atoms with Gasteiger partial charge in [-0.05, 0) is 24.6 Å². The zero-order valence-corrected chi connectivity index (χ0v) is 12.7. The van der Waals surface area contributed by atoms with Crippen LogP contribution < -0.4 is 4.74 Å². The van der Waals surface area contributed by atoms with Crippen LogP contribution in [0.3, 0.4) is 0 Å². The average Bonchev–Trinajstić information content (AvgIpc) is 2.46. The van der Waals surface area contributed by atoms with E-state index in [1.807, 2.05) is 0 Å². The summed E-state index contributed by atoms with van der Waals surface area (Å²) in [4.78, 5) is 0. The summed E-state index contributed by atoms with van der Waals surface area (Å²) >= 11 is 0. The van der Waals surface area contributed by atoms with Crippen LogP contribution in [0.25, 0.3) is 0 Å². The van der Waals surface area contributed by atoms with Crippen molar-refractivity contribution in [3.8, 4) is 17.6 Å². The molecular formula is C15H19FO4S. The number of hydrogen-bond donors (Lipinski definition) is 1. The molecule has 0 spiro atoms. The van der Waals surface area contributed by atoms with E-state index in [2.05, 4.69) is 11.8 Å². The SMILES string of the molecule is CCS(=O)(=O)CCCOc1cc(C#CCCO)ccc1F. The highest BCUT2D eigenvalue weighted by molar-refractivity contribution is 7.91. The molecule has 6 heteroatoms. The van der Waals surface area contributed by atoms with Crippen LogP contribution >= 0.6 is 0 Å². The van der Waals surface area contributed by atoms with Gasteiger partial charge in [-0.25, -0.2) is 12.8 Å². The largest absolute Gasteiger partial charge is 0.490 e. The molecule has 1 N–H and O–H groups in total. The van der Waals surface area contributed by atoms with Crippen molar-refractivity contribution in [1.29, 1.82) is 0 Å². The quantitative estimate of drug-likeness (QED) is 0.615. The summed E-state index contributed by atoms with van der Waals surface area (Å²) in [5, 5.41) is 8.64. The standard InChI is InChI=1S/C15H19FO4S/c1-2-21(18,19)11-5-10-20-15-12-13(6-3-4-9-17)7-8-14(15)16/h7-8,12,17H,2,4-5,9-11H2,1H3. The number of hydrogen-bond acceptors (Lipinski definition) is 4. The van der Waals surface area contributed by atoms with Gasteiger partial charge in [-0.2, -0.15) is 0 Å². The van der Waals surface area contributed by atoms with Crippen LogP contribution in [-0.2, 0) is 9.84 Å². The van der Waals surface area contributed by atoms with Gasteiger partial charge in [0.15, 0.2) is 11.6 Å². The summed E-state index contributed by atoms with van der Waals surface area (Å²) in [6.07, 6.45) is 0.665. The van der Waals surface area contributed by atoms with E-state index in [-0.39, 0.29) is 30.5 Å². The second-order valence-electron chi connectivity index (χ2n) is 4.36. The third kappa shape index (κ3) is 6.61. The molecule has 0 heterocycles. The van der Waals surface area contributed by atoms with Crippen LogP contribution in [0.2, 0.25) is 0 Å². The number of aliphatic hydroxyl groups is 1. The lowest BCUT2D eigenvalue weighted by Crippen LogP contribution is -2.12. The van der Waals surface area contributed by atoms with Crippen LogP contribution in [0.15, 0.2) is 18.2 Å². The summed E-state index contributed by atoms with van der Waals surface area (Å²) < 4.78 is 41.4. The highest BCUT2D eigenvalue weighted by atomic mass is 32.2. The summed E-state index contributed by atoms with van der Waals surface area (Å²) in [7, 11) is -3.03. The first-order valence-corrected chi connectivity index (χ1v) is 8.53. The van der Waals surface area contributed by atoms with Gasteiger partial charge in [0, 0.05) is 17.7 Å². The first-order chi connectivity index (χ1) is 9.98. The van der Waals surface area contributed by atoms with E-state index in [1.165, 1.54) is 18.2 Å². The van der Waals surface area contributed by atoms with Crippen molar-refractivity contribution in [3.05, 3.63) is 29.6 Å². The molecule has 21 heavy (non-hydrogen) atoms. The fraction of sp³-hybridized carbons (Fsp3) is 0.467. The van der Waals surface area contributed by atoms with Crippen molar-refractivity contribution in [3.63, 3.8) is 0 Å². The second kappa shape index (κ2) is 8.65. The lowest BCUT2D eigenvalue weighted by molar-refractivity contribution is 0.301. The molecule has 0 atom stereocenters. The molecule has 0 fully saturated rings. The minimum Gasteiger partial charge on any atom is -0.490 e. The Morgan fingerprint density at radius 2 is 2.14 bits per heavy atom. The number of rotatable bonds is 7. The Hall–Kier alpha value is -1.58. The Balaban J connectivity index is 2.59. The molecule has 0 unspecified atom stereocenters. The topological polar surface area (TPSA) is 63.6 Å². The monoisotopic (exact) mass is 314 g/mol. The Morgan fingerprint density at radius 1 is 1.38 bits per heavy atom. The predicted molar refractivity (Wildman–Crippen MR) is 79.4 cm³/mol. The summed E-state index contributed by atoms with van der Waals surface area (Å²) in [5.74, 6) is 5.19. The number of sulfone groups is 1. The normalized spacial score (nSPS) is 10.8. The number of halogens is 1. The van der Waals surface area contributed by atoms with Crippen molar-refractivity contribution >= 4 is 9.84 Å². The van der Waals surface area contributed by atoms with Crippen LogP contribution in [-0.4, -0.2) is 38.2 Å². The van der Waals surface area contributed by atoms with Crippen molar-refractivity contribution in [1.82, 2.24) is 0 Å². The third-order valence-electron chi connectivity index (χ3n) is 2.70. The van der Waals surface area contributed by atoms with E-state index < -0.39 is 15.7 Å². The summed E-state index contributed by atoms with van der Waals surface area (Å²) in [5.41, 5.74) is 0.584. The minimum absolute atomic E-state index is 0.0244. The number of aliphatic hydroxyl groups excluding tert-OH is 1. The maximum Gasteiger partial charge on any atom is 0.165 e. The Morgan fingerprint density at radius 3 is 2.81 bits per heavy atom. The molecule has 0 bridgehead atoms. The van der Waals surface area contributed by atoms with Gasteiger partial charge < -0.3 is 9.84 Å². The average molecular weight is 314 g/mol. The van der Waals surface area contributed by atoms with Gasteiger partial charge in [0.05, 0.1) is 19.0 Å². The highest BCUT2D eigenvalue weighted by Crippen LogP contribution is 2.18. The molecule has 1 aromatic rings. The lowest BCUT2D eigenvalue weighted by atomic mass is 10.2. The van der Waals surface area contributed by atoms with Crippen molar-refractivity contribution in [2.45, 2.75) is 19.8 Å². The van der Waals surface area contributed by atoms with E-state index in [1.54, 1.807) is 6.92 Å². The van der Waals surface area contributed by atoms with E-state index in [0.717, 1.165) is 0 Å². The summed E-state index contributed by atoms with van der Waals surface area (Å²) in [6.45, 7) is 1.69. The maximum absolute atomic E-state index is 13.6. The Labute approximate surface area is 124 Å². The number of benzene rings is 1. The lowest BCUT2D eigenvalue weighted by Gasteiger charge is -2.07. The molecule has 0 aromatic heterocycles. The van der Waals surface area contributed by atoms with Crippen LogP contribution in [0.1, 0.15) is 25.3 Å². The van der Waals surface area contributed by atoms with Gasteiger partial charge in [0.2, 0.25) is 0 Å².